The summed E-state index contributed by atoms with van der Waals surface area (Å²) in [5, 5.41) is 4.79. The second-order valence-corrected chi connectivity index (χ2v) is 5.36. The van der Waals surface area contributed by atoms with Crippen molar-refractivity contribution in [2.24, 2.45) is 7.05 Å². The fraction of sp³-hybridized carbons (Fsp3) is 0.118. The van der Waals surface area contributed by atoms with E-state index in [9.17, 15) is 4.79 Å². The summed E-state index contributed by atoms with van der Waals surface area (Å²) in [6.45, 7) is 0. The molecule has 0 spiro atoms. The Balaban J connectivity index is 2.17. The minimum Gasteiger partial charge on any atom is -0.465 e. The fourth-order valence-corrected chi connectivity index (χ4v) is 2.64. The summed E-state index contributed by atoms with van der Waals surface area (Å²) >= 11 is 5.91. The van der Waals surface area contributed by atoms with Gasteiger partial charge in [-0.1, -0.05) is 29.8 Å². The summed E-state index contributed by atoms with van der Waals surface area (Å²) < 4.78 is 6.88. The molecular weight excluding hydrogens is 300 g/mol. The molecular formula is C17H15ClN2O2. The highest BCUT2D eigenvalue weighted by molar-refractivity contribution is 6.30. The third-order valence-corrected chi connectivity index (χ3v) is 3.86. The van der Waals surface area contributed by atoms with Crippen LogP contribution >= 0.6 is 11.6 Å². The van der Waals surface area contributed by atoms with Gasteiger partial charge < -0.3 is 14.6 Å². The van der Waals surface area contributed by atoms with Gasteiger partial charge in [0.05, 0.1) is 12.6 Å². The number of ether oxygens (including phenoxy) is 1. The normalized spacial score (nSPS) is 10.7. The maximum atomic E-state index is 12.2. The molecule has 0 atom stereocenters. The van der Waals surface area contributed by atoms with Gasteiger partial charge in [-0.2, -0.15) is 0 Å². The van der Waals surface area contributed by atoms with Crippen LogP contribution in [-0.4, -0.2) is 17.6 Å². The van der Waals surface area contributed by atoms with Gasteiger partial charge in [-0.3, -0.25) is 0 Å². The third-order valence-electron chi connectivity index (χ3n) is 3.60. The first-order valence-electron chi connectivity index (χ1n) is 6.80. The van der Waals surface area contributed by atoms with E-state index < -0.39 is 0 Å². The number of aromatic nitrogens is 1. The molecule has 2 aromatic carbocycles. The van der Waals surface area contributed by atoms with Crippen LogP contribution in [-0.2, 0) is 11.8 Å². The zero-order valence-electron chi connectivity index (χ0n) is 12.3. The van der Waals surface area contributed by atoms with Gasteiger partial charge in [0, 0.05) is 23.1 Å². The van der Waals surface area contributed by atoms with E-state index in [4.69, 9.17) is 16.3 Å². The highest BCUT2D eigenvalue weighted by atomic mass is 35.5. The Hall–Kier alpha value is -2.46. The van der Waals surface area contributed by atoms with Crippen LogP contribution in [0.2, 0.25) is 5.02 Å². The van der Waals surface area contributed by atoms with Crippen LogP contribution in [0, 0.1) is 0 Å². The quantitative estimate of drug-likeness (QED) is 0.730. The Morgan fingerprint density at radius 3 is 2.50 bits per heavy atom. The topological polar surface area (TPSA) is 43.3 Å². The van der Waals surface area contributed by atoms with Gasteiger partial charge in [0.25, 0.3) is 0 Å². The molecule has 0 unspecified atom stereocenters. The SMILES string of the molecule is COC(=O)c1c(Nc2ccc(Cl)cc2)n(C)c2ccccc12. The van der Waals surface area contributed by atoms with Crippen LogP contribution in [0.5, 0.6) is 0 Å². The van der Waals surface area contributed by atoms with Crippen molar-refractivity contribution in [1.82, 2.24) is 4.57 Å². The summed E-state index contributed by atoms with van der Waals surface area (Å²) in [6, 6.07) is 15.0. The molecule has 0 aliphatic heterocycles. The van der Waals surface area contributed by atoms with E-state index in [1.807, 2.05) is 48.0 Å². The predicted molar refractivity (Wildman–Crippen MR) is 89.0 cm³/mol. The van der Waals surface area contributed by atoms with Crippen LogP contribution < -0.4 is 5.32 Å². The summed E-state index contributed by atoms with van der Waals surface area (Å²) in [7, 11) is 3.29. The maximum absolute atomic E-state index is 12.2. The zero-order chi connectivity index (χ0) is 15.7. The lowest BCUT2D eigenvalue weighted by Gasteiger charge is -2.10. The molecule has 0 saturated heterocycles. The lowest BCUT2D eigenvalue weighted by Crippen LogP contribution is -2.06. The molecule has 0 bridgehead atoms. The van der Waals surface area contributed by atoms with E-state index in [0.717, 1.165) is 16.6 Å². The highest BCUT2D eigenvalue weighted by Gasteiger charge is 2.21. The average Bonchev–Trinajstić information content (AvgIpc) is 2.82. The van der Waals surface area contributed by atoms with Crippen LogP contribution in [0.1, 0.15) is 10.4 Å². The molecule has 3 rings (SSSR count). The van der Waals surface area contributed by atoms with E-state index >= 15 is 0 Å². The summed E-state index contributed by atoms with van der Waals surface area (Å²) in [4.78, 5) is 12.2. The number of fused-ring (bicyclic) bond motifs is 1. The number of methoxy groups -OCH3 is 1. The lowest BCUT2D eigenvalue weighted by molar-refractivity contribution is 0.0604. The number of halogens is 1. The monoisotopic (exact) mass is 314 g/mol. The molecule has 0 amide bonds. The number of esters is 1. The Bertz CT molecular complexity index is 838. The Kier molecular flexibility index (Phi) is 3.77. The van der Waals surface area contributed by atoms with Gasteiger partial charge in [0.1, 0.15) is 11.4 Å². The Morgan fingerprint density at radius 1 is 1.14 bits per heavy atom. The zero-order valence-corrected chi connectivity index (χ0v) is 13.0. The highest BCUT2D eigenvalue weighted by Crippen LogP contribution is 2.32. The first-order valence-corrected chi connectivity index (χ1v) is 7.18. The molecule has 1 aromatic heterocycles. The molecule has 5 heteroatoms. The molecule has 0 radical (unpaired) electrons. The number of carbonyl (C=O) groups is 1. The molecule has 0 aliphatic rings. The molecule has 22 heavy (non-hydrogen) atoms. The van der Waals surface area contributed by atoms with Crippen molar-refractivity contribution in [1.29, 1.82) is 0 Å². The first-order chi connectivity index (χ1) is 10.6. The number of hydrogen-bond donors (Lipinski definition) is 1. The lowest BCUT2D eigenvalue weighted by atomic mass is 10.1. The second kappa shape index (κ2) is 5.73. The van der Waals surface area contributed by atoms with Crippen molar-refractivity contribution in [3.8, 4) is 0 Å². The molecule has 0 aliphatic carbocycles. The average molecular weight is 315 g/mol. The minimum atomic E-state index is -0.367. The third kappa shape index (κ3) is 2.42. The fourth-order valence-electron chi connectivity index (χ4n) is 2.52. The largest absolute Gasteiger partial charge is 0.465 e. The van der Waals surface area contributed by atoms with Gasteiger partial charge in [-0.15, -0.1) is 0 Å². The van der Waals surface area contributed by atoms with E-state index in [2.05, 4.69) is 5.32 Å². The number of nitrogens with one attached hydrogen (secondary N) is 1. The van der Waals surface area contributed by atoms with E-state index in [1.165, 1.54) is 7.11 Å². The number of benzene rings is 2. The van der Waals surface area contributed by atoms with Crippen molar-refractivity contribution >= 4 is 40.0 Å². The summed E-state index contributed by atoms with van der Waals surface area (Å²) in [5.41, 5.74) is 2.33. The molecule has 0 saturated carbocycles. The number of para-hydroxylation sites is 1. The summed E-state index contributed by atoms with van der Waals surface area (Å²) in [5.74, 6) is 0.323. The van der Waals surface area contributed by atoms with Gasteiger partial charge in [-0.25, -0.2) is 4.79 Å². The number of rotatable bonds is 3. The number of aryl methyl sites for hydroxylation is 1. The van der Waals surface area contributed by atoms with Crippen LogP contribution in [0.25, 0.3) is 10.9 Å². The van der Waals surface area contributed by atoms with E-state index in [-0.39, 0.29) is 5.97 Å². The molecule has 0 fully saturated rings. The van der Waals surface area contributed by atoms with Crippen molar-refractivity contribution in [3.05, 3.63) is 59.1 Å². The van der Waals surface area contributed by atoms with Gasteiger partial charge in [0.2, 0.25) is 0 Å². The standard InChI is InChI=1S/C17H15ClN2O2/c1-20-14-6-4-3-5-13(14)15(17(21)22-2)16(20)19-12-9-7-11(18)8-10-12/h3-10,19H,1-2H3. The Morgan fingerprint density at radius 2 is 1.82 bits per heavy atom. The van der Waals surface area contributed by atoms with Crippen LogP contribution in [0.3, 0.4) is 0 Å². The first kappa shape index (κ1) is 14.5. The van der Waals surface area contributed by atoms with E-state index in [0.29, 0.717) is 16.4 Å². The van der Waals surface area contributed by atoms with Crippen LogP contribution in [0.15, 0.2) is 48.5 Å². The number of hydrogen-bond acceptors (Lipinski definition) is 3. The number of carbonyl (C=O) groups excluding carboxylic acids is 1. The Labute approximate surface area is 133 Å². The predicted octanol–water partition coefficient (Wildman–Crippen LogP) is 4.36. The van der Waals surface area contributed by atoms with Gasteiger partial charge in [-0.05, 0) is 30.3 Å². The molecule has 4 nitrogen and oxygen atoms in total. The maximum Gasteiger partial charge on any atom is 0.342 e. The second-order valence-electron chi connectivity index (χ2n) is 4.92. The smallest absolute Gasteiger partial charge is 0.342 e. The molecule has 112 valence electrons. The van der Waals surface area contributed by atoms with Crippen LogP contribution in [0.4, 0.5) is 11.5 Å². The van der Waals surface area contributed by atoms with Crippen molar-refractivity contribution < 1.29 is 9.53 Å². The van der Waals surface area contributed by atoms with Crippen molar-refractivity contribution in [2.75, 3.05) is 12.4 Å². The number of nitrogens with zero attached hydrogens (tertiary/aromatic N) is 1. The summed E-state index contributed by atoms with van der Waals surface area (Å²) in [6.07, 6.45) is 0. The van der Waals surface area contributed by atoms with Crippen molar-refractivity contribution in [2.45, 2.75) is 0 Å². The molecule has 3 aromatic rings. The minimum absolute atomic E-state index is 0.367. The van der Waals surface area contributed by atoms with Gasteiger partial charge >= 0.3 is 5.97 Å². The van der Waals surface area contributed by atoms with Gasteiger partial charge in [0.15, 0.2) is 0 Å². The van der Waals surface area contributed by atoms with E-state index in [1.54, 1.807) is 12.1 Å². The molecule has 1 heterocycles. The van der Waals surface area contributed by atoms with Crippen molar-refractivity contribution in [3.63, 3.8) is 0 Å². The number of anilines is 2. The molecule has 1 N–H and O–H groups in total.